The molecule has 3 nitrogen and oxygen atoms in total. The van der Waals surface area contributed by atoms with Crippen molar-refractivity contribution in [1.29, 1.82) is 0 Å². The fraction of sp³-hybridized carbons (Fsp3) is 0.316. The molecule has 1 fully saturated rings. The van der Waals surface area contributed by atoms with Crippen LogP contribution in [0.2, 0.25) is 0 Å². The maximum absolute atomic E-state index is 12.5. The molecule has 2 aromatic rings. The third-order valence-electron chi connectivity index (χ3n) is 4.19. The smallest absolute Gasteiger partial charge is 0.265 e. The summed E-state index contributed by atoms with van der Waals surface area (Å²) < 4.78 is 6.24. The van der Waals surface area contributed by atoms with E-state index in [1.165, 1.54) is 23.5 Å². The maximum atomic E-state index is 12.5. The van der Waals surface area contributed by atoms with E-state index in [1.807, 2.05) is 59.9 Å². The maximum Gasteiger partial charge on any atom is 0.265 e. The second-order valence-electron chi connectivity index (χ2n) is 5.96. The number of carbonyl (C=O) groups excluding carboxylic acids is 1. The Morgan fingerprint density at radius 3 is 2.75 bits per heavy atom. The fourth-order valence-electron chi connectivity index (χ4n) is 2.99. The predicted molar refractivity (Wildman–Crippen MR) is 102 cm³/mol. The molecule has 2 heterocycles. The highest BCUT2D eigenvalue weighted by molar-refractivity contribution is 8.16. The Hall–Kier alpha value is -1.59. The molecule has 1 unspecified atom stereocenters. The highest BCUT2D eigenvalue weighted by Gasteiger charge is 2.29. The van der Waals surface area contributed by atoms with Gasteiger partial charge in [-0.05, 0) is 47.3 Å². The van der Waals surface area contributed by atoms with Crippen LogP contribution in [0.4, 0.5) is 5.69 Å². The number of thioether (sulfide) groups is 2. The van der Waals surface area contributed by atoms with Crippen molar-refractivity contribution in [1.82, 2.24) is 0 Å². The Morgan fingerprint density at radius 2 is 1.92 bits per heavy atom. The van der Waals surface area contributed by atoms with E-state index in [9.17, 15) is 4.79 Å². The van der Waals surface area contributed by atoms with Crippen LogP contribution >= 0.6 is 23.5 Å². The lowest BCUT2D eigenvalue weighted by Crippen LogP contribution is -2.31. The third kappa shape index (κ3) is 3.42. The van der Waals surface area contributed by atoms with Gasteiger partial charge in [0.1, 0.15) is 5.75 Å². The van der Waals surface area contributed by atoms with Crippen LogP contribution in [0.1, 0.15) is 22.1 Å². The number of hydrogen-bond acceptors (Lipinski definition) is 4. The van der Waals surface area contributed by atoms with Crippen LogP contribution in [0.25, 0.3) is 0 Å². The summed E-state index contributed by atoms with van der Waals surface area (Å²) in [6.45, 7) is 0. The molecule has 1 N–H and O–H groups in total. The van der Waals surface area contributed by atoms with Crippen molar-refractivity contribution >= 4 is 35.1 Å². The SMILES string of the molecule is O=C(Nc1cccc(C2SCCCS2)c1)C1Cc2ccccc2O1. The number of carbonyl (C=O) groups is 1. The van der Waals surface area contributed by atoms with Crippen molar-refractivity contribution in [3.63, 3.8) is 0 Å². The standard InChI is InChI=1S/C19H19NO2S2/c21-18(17-12-13-5-1-2-8-16(13)22-17)20-15-7-3-6-14(11-15)19-23-9-4-10-24-19/h1-3,5-8,11,17,19H,4,9-10,12H2,(H,20,21). The Kier molecular flexibility index (Phi) is 4.72. The topological polar surface area (TPSA) is 38.3 Å². The van der Waals surface area contributed by atoms with Gasteiger partial charge in [0.15, 0.2) is 6.10 Å². The summed E-state index contributed by atoms with van der Waals surface area (Å²) in [5.74, 6) is 3.17. The normalized spacial score (nSPS) is 20.2. The summed E-state index contributed by atoms with van der Waals surface area (Å²) in [4.78, 5) is 12.5. The molecule has 0 spiro atoms. The quantitative estimate of drug-likeness (QED) is 0.878. The first-order valence-electron chi connectivity index (χ1n) is 8.18. The number of hydrogen-bond donors (Lipinski definition) is 1. The van der Waals surface area contributed by atoms with Crippen molar-refractivity contribution in [3.8, 4) is 5.75 Å². The molecule has 0 aliphatic carbocycles. The molecule has 2 aliphatic heterocycles. The lowest BCUT2D eigenvalue weighted by molar-refractivity contribution is -0.122. The van der Waals surface area contributed by atoms with E-state index < -0.39 is 6.10 Å². The zero-order valence-electron chi connectivity index (χ0n) is 13.2. The highest BCUT2D eigenvalue weighted by Crippen LogP contribution is 2.44. The minimum absolute atomic E-state index is 0.0766. The minimum Gasteiger partial charge on any atom is -0.480 e. The zero-order valence-corrected chi connectivity index (χ0v) is 14.9. The van der Waals surface area contributed by atoms with Gasteiger partial charge in [-0.1, -0.05) is 30.3 Å². The molecule has 1 saturated heterocycles. The van der Waals surface area contributed by atoms with E-state index in [0.29, 0.717) is 11.0 Å². The molecule has 24 heavy (non-hydrogen) atoms. The van der Waals surface area contributed by atoms with Crippen LogP contribution in [-0.4, -0.2) is 23.5 Å². The van der Waals surface area contributed by atoms with Crippen LogP contribution < -0.4 is 10.1 Å². The van der Waals surface area contributed by atoms with Crippen LogP contribution in [0.15, 0.2) is 48.5 Å². The average molecular weight is 358 g/mol. The first kappa shape index (κ1) is 15.9. The molecule has 124 valence electrons. The van der Waals surface area contributed by atoms with Crippen molar-refractivity contribution in [3.05, 3.63) is 59.7 Å². The molecule has 2 aliphatic rings. The van der Waals surface area contributed by atoms with Gasteiger partial charge in [-0.3, -0.25) is 4.79 Å². The average Bonchev–Trinajstić information content (AvgIpc) is 3.07. The number of fused-ring (bicyclic) bond motifs is 1. The largest absolute Gasteiger partial charge is 0.480 e. The number of rotatable bonds is 3. The van der Waals surface area contributed by atoms with Gasteiger partial charge in [0.05, 0.1) is 4.58 Å². The van der Waals surface area contributed by atoms with Gasteiger partial charge in [0.25, 0.3) is 5.91 Å². The lowest BCUT2D eigenvalue weighted by atomic mass is 10.1. The van der Waals surface area contributed by atoms with Gasteiger partial charge in [-0.25, -0.2) is 0 Å². The van der Waals surface area contributed by atoms with Crippen molar-refractivity contribution in [2.24, 2.45) is 0 Å². The zero-order chi connectivity index (χ0) is 16.4. The molecular formula is C19H19NO2S2. The number of benzene rings is 2. The lowest BCUT2D eigenvalue weighted by Gasteiger charge is -2.21. The Labute approximate surface area is 150 Å². The van der Waals surface area contributed by atoms with Gasteiger partial charge in [-0.2, -0.15) is 0 Å². The predicted octanol–water partition coefficient (Wildman–Crippen LogP) is 4.50. The molecule has 0 radical (unpaired) electrons. The van der Waals surface area contributed by atoms with E-state index in [4.69, 9.17) is 4.74 Å². The van der Waals surface area contributed by atoms with Crippen LogP contribution in [0, 0.1) is 0 Å². The Morgan fingerprint density at radius 1 is 1.08 bits per heavy atom. The first-order chi connectivity index (χ1) is 11.8. The number of nitrogens with one attached hydrogen (secondary N) is 1. The van der Waals surface area contributed by atoms with Crippen LogP contribution in [-0.2, 0) is 11.2 Å². The summed E-state index contributed by atoms with van der Waals surface area (Å²) in [6.07, 6.45) is 1.47. The molecule has 4 rings (SSSR count). The summed E-state index contributed by atoms with van der Waals surface area (Å²) in [6, 6.07) is 16.0. The van der Waals surface area contributed by atoms with E-state index in [0.717, 1.165) is 17.0 Å². The van der Waals surface area contributed by atoms with E-state index in [2.05, 4.69) is 17.4 Å². The minimum atomic E-state index is -0.440. The molecule has 1 amide bonds. The first-order valence-corrected chi connectivity index (χ1v) is 10.3. The second-order valence-corrected chi connectivity index (χ2v) is 8.68. The third-order valence-corrected chi connectivity index (χ3v) is 7.21. The molecule has 0 aromatic heterocycles. The van der Waals surface area contributed by atoms with Gasteiger partial charge in [-0.15, -0.1) is 23.5 Å². The van der Waals surface area contributed by atoms with Crippen LogP contribution in [0.3, 0.4) is 0 Å². The van der Waals surface area contributed by atoms with E-state index >= 15 is 0 Å². The Balaban J connectivity index is 1.43. The van der Waals surface area contributed by atoms with Gasteiger partial charge < -0.3 is 10.1 Å². The molecule has 5 heteroatoms. The van der Waals surface area contributed by atoms with Gasteiger partial charge >= 0.3 is 0 Å². The van der Waals surface area contributed by atoms with Gasteiger partial charge in [0.2, 0.25) is 0 Å². The number of ether oxygens (including phenoxy) is 1. The van der Waals surface area contributed by atoms with E-state index in [1.54, 1.807) is 0 Å². The van der Waals surface area contributed by atoms with Crippen molar-refractivity contribution in [2.75, 3.05) is 16.8 Å². The Bertz CT molecular complexity index is 719. The number of anilines is 1. The summed E-state index contributed by atoms with van der Waals surface area (Å²) in [7, 11) is 0. The van der Waals surface area contributed by atoms with Crippen LogP contribution in [0.5, 0.6) is 5.75 Å². The summed E-state index contributed by atoms with van der Waals surface area (Å²) in [5, 5.41) is 3.02. The highest BCUT2D eigenvalue weighted by atomic mass is 32.2. The molecule has 2 aromatic carbocycles. The summed E-state index contributed by atoms with van der Waals surface area (Å²) >= 11 is 3.97. The van der Waals surface area contributed by atoms with E-state index in [-0.39, 0.29) is 5.91 Å². The fourth-order valence-corrected chi connectivity index (χ4v) is 5.87. The van der Waals surface area contributed by atoms with Gasteiger partial charge in [0, 0.05) is 12.1 Å². The molecule has 0 saturated carbocycles. The molecule has 0 bridgehead atoms. The molecular weight excluding hydrogens is 338 g/mol. The van der Waals surface area contributed by atoms with Crippen molar-refractivity contribution in [2.45, 2.75) is 23.5 Å². The summed E-state index contributed by atoms with van der Waals surface area (Å²) in [5.41, 5.74) is 3.23. The second kappa shape index (κ2) is 7.11. The monoisotopic (exact) mass is 357 g/mol. The number of para-hydroxylation sites is 1. The number of amides is 1. The molecule has 1 atom stereocenters. The van der Waals surface area contributed by atoms with Crippen molar-refractivity contribution < 1.29 is 9.53 Å².